The summed E-state index contributed by atoms with van der Waals surface area (Å²) in [6.45, 7) is 0. The van der Waals surface area contributed by atoms with Gasteiger partial charge in [0.2, 0.25) is 0 Å². The molecule has 6 aromatic rings. The van der Waals surface area contributed by atoms with Crippen LogP contribution < -0.4 is 0 Å². The highest BCUT2D eigenvalue weighted by atomic mass is 14.7. The molecule has 0 aliphatic carbocycles. The van der Waals surface area contributed by atoms with Crippen LogP contribution in [0.25, 0.3) is 55.8 Å². The zero-order chi connectivity index (χ0) is 24.2. The standard InChI is InChI=1S/C34H24N2/c1-2-8-25(9-3-1)31-22-32(26-15-18-35-19-16-26)24-33(23-31)29-12-6-10-27(20-29)28-11-7-13-30(21-28)34-14-4-5-17-36-34/h1-24H. The Morgan fingerprint density at radius 3 is 1.42 bits per heavy atom. The van der Waals surface area contributed by atoms with Gasteiger partial charge >= 0.3 is 0 Å². The fourth-order valence-electron chi connectivity index (χ4n) is 4.57. The van der Waals surface area contributed by atoms with Crippen LogP contribution >= 0.6 is 0 Å². The minimum atomic E-state index is 0.980. The Morgan fingerprint density at radius 1 is 0.306 bits per heavy atom. The normalized spacial score (nSPS) is 10.8. The Kier molecular flexibility index (Phi) is 5.91. The maximum atomic E-state index is 4.52. The molecule has 170 valence electrons. The van der Waals surface area contributed by atoms with E-state index in [0.29, 0.717) is 0 Å². The summed E-state index contributed by atoms with van der Waals surface area (Å²) in [5, 5.41) is 0. The van der Waals surface area contributed by atoms with Gasteiger partial charge in [0.25, 0.3) is 0 Å². The van der Waals surface area contributed by atoms with Crippen molar-refractivity contribution in [2.24, 2.45) is 0 Å². The molecule has 4 aromatic carbocycles. The molecule has 6 rings (SSSR count). The number of hydrogen-bond acceptors (Lipinski definition) is 2. The summed E-state index contributed by atoms with van der Waals surface area (Å²) >= 11 is 0. The van der Waals surface area contributed by atoms with Crippen molar-refractivity contribution in [3.05, 3.63) is 146 Å². The van der Waals surface area contributed by atoms with Gasteiger partial charge in [-0.3, -0.25) is 9.97 Å². The fourth-order valence-corrected chi connectivity index (χ4v) is 4.57. The summed E-state index contributed by atoms with van der Waals surface area (Å²) in [5.74, 6) is 0. The predicted molar refractivity (Wildman–Crippen MR) is 149 cm³/mol. The van der Waals surface area contributed by atoms with Gasteiger partial charge in [-0.1, -0.05) is 72.8 Å². The van der Waals surface area contributed by atoms with Gasteiger partial charge < -0.3 is 0 Å². The van der Waals surface area contributed by atoms with Crippen molar-refractivity contribution >= 4 is 0 Å². The number of pyridine rings is 2. The Hall–Kier alpha value is -4.82. The van der Waals surface area contributed by atoms with Crippen LogP contribution in [0, 0.1) is 0 Å². The van der Waals surface area contributed by atoms with E-state index in [9.17, 15) is 0 Å². The molecule has 2 heterocycles. The molecule has 36 heavy (non-hydrogen) atoms. The van der Waals surface area contributed by atoms with Crippen molar-refractivity contribution in [3.8, 4) is 55.8 Å². The first-order chi connectivity index (χ1) is 17.8. The molecule has 0 aliphatic rings. The van der Waals surface area contributed by atoms with Crippen molar-refractivity contribution in [1.82, 2.24) is 9.97 Å². The molecule has 0 saturated heterocycles. The largest absolute Gasteiger partial charge is 0.265 e. The molecule has 0 aliphatic heterocycles. The third-order valence-electron chi connectivity index (χ3n) is 6.41. The molecule has 0 atom stereocenters. The maximum absolute atomic E-state index is 4.52. The lowest BCUT2D eigenvalue weighted by Gasteiger charge is -2.12. The molecule has 0 unspecified atom stereocenters. The van der Waals surface area contributed by atoms with Crippen LogP contribution in [0.3, 0.4) is 0 Å². The van der Waals surface area contributed by atoms with Crippen molar-refractivity contribution in [3.63, 3.8) is 0 Å². The number of benzene rings is 4. The first kappa shape index (κ1) is 21.7. The van der Waals surface area contributed by atoms with Gasteiger partial charge in [0.05, 0.1) is 5.69 Å². The molecular weight excluding hydrogens is 436 g/mol. The van der Waals surface area contributed by atoms with Gasteiger partial charge in [-0.05, 0) is 99.1 Å². The van der Waals surface area contributed by atoms with Gasteiger partial charge in [0.1, 0.15) is 0 Å². The van der Waals surface area contributed by atoms with Crippen LogP contribution in [0.15, 0.2) is 146 Å². The minimum absolute atomic E-state index is 0.980. The average molecular weight is 461 g/mol. The van der Waals surface area contributed by atoms with Crippen molar-refractivity contribution in [2.45, 2.75) is 0 Å². The van der Waals surface area contributed by atoms with Crippen molar-refractivity contribution < 1.29 is 0 Å². The van der Waals surface area contributed by atoms with E-state index < -0.39 is 0 Å². The molecule has 0 bridgehead atoms. The molecule has 0 saturated carbocycles. The van der Waals surface area contributed by atoms with Gasteiger partial charge in [-0.15, -0.1) is 0 Å². The van der Waals surface area contributed by atoms with Gasteiger partial charge in [-0.25, -0.2) is 0 Å². The zero-order valence-electron chi connectivity index (χ0n) is 19.8. The van der Waals surface area contributed by atoms with Crippen LogP contribution in [0.1, 0.15) is 0 Å². The number of aromatic nitrogens is 2. The number of hydrogen-bond donors (Lipinski definition) is 0. The lowest BCUT2D eigenvalue weighted by atomic mass is 9.92. The van der Waals surface area contributed by atoms with Crippen LogP contribution in [0.4, 0.5) is 0 Å². The molecule has 0 N–H and O–H groups in total. The average Bonchev–Trinajstić information content (AvgIpc) is 2.98. The summed E-state index contributed by atoms with van der Waals surface area (Å²) in [6, 6.07) is 44.9. The molecular formula is C34H24N2. The Morgan fingerprint density at radius 2 is 0.778 bits per heavy atom. The summed E-state index contributed by atoms with van der Waals surface area (Å²) in [6.07, 6.45) is 5.53. The maximum Gasteiger partial charge on any atom is 0.0702 e. The second-order valence-corrected chi connectivity index (χ2v) is 8.78. The Balaban J connectivity index is 1.45. The van der Waals surface area contributed by atoms with E-state index in [-0.39, 0.29) is 0 Å². The van der Waals surface area contributed by atoms with Crippen LogP contribution in [0.5, 0.6) is 0 Å². The Bertz CT molecular complexity index is 1550. The molecule has 2 heteroatoms. The van der Waals surface area contributed by atoms with E-state index in [2.05, 4.69) is 119 Å². The molecule has 2 aromatic heterocycles. The zero-order valence-corrected chi connectivity index (χ0v) is 19.8. The van der Waals surface area contributed by atoms with Gasteiger partial charge in [0.15, 0.2) is 0 Å². The molecule has 2 nitrogen and oxygen atoms in total. The van der Waals surface area contributed by atoms with E-state index in [0.717, 1.165) is 16.8 Å². The molecule has 0 amide bonds. The SMILES string of the molecule is c1ccc(-c2cc(-c3ccncc3)cc(-c3cccc(-c4cccc(-c5ccccn5)c4)c3)c2)cc1. The minimum Gasteiger partial charge on any atom is -0.265 e. The van der Waals surface area contributed by atoms with Crippen molar-refractivity contribution in [2.75, 3.05) is 0 Å². The second-order valence-electron chi connectivity index (χ2n) is 8.78. The number of rotatable bonds is 5. The van der Waals surface area contributed by atoms with E-state index in [1.165, 1.54) is 38.9 Å². The summed E-state index contributed by atoms with van der Waals surface area (Å²) in [4.78, 5) is 8.72. The lowest BCUT2D eigenvalue weighted by Crippen LogP contribution is -1.88. The highest BCUT2D eigenvalue weighted by molar-refractivity contribution is 5.83. The number of nitrogens with zero attached hydrogens (tertiary/aromatic N) is 2. The summed E-state index contributed by atoms with van der Waals surface area (Å²) in [7, 11) is 0. The van der Waals surface area contributed by atoms with Crippen molar-refractivity contribution in [1.29, 1.82) is 0 Å². The predicted octanol–water partition coefficient (Wildman–Crippen LogP) is 8.81. The lowest BCUT2D eigenvalue weighted by molar-refractivity contribution is 1.33. The van der Waals surface area contributed by atoms with E-state index in [1.54, 1.807) is 0 Å². The smallest absolute Gasteiger partial charge is 0.0702 e. The first-order valence-corrected chi connectivity index (χ1v) is 12.1. The van der Waals surface area contributed by atoms with E-state index >= 15 is 0 Å². The second kappa shape index (κ2) is 9.81. The van der Waals surface area contributed by atoms with Crippen LogP contribution in [-0.4, -0.2) is 9.97 Å². The topological polar surface area (TPSA) is 25.8 Å². The quantitative estimate of drug-likeness (QED) is 0.257. The highest BCUT2D eigenvalue weighted by Crippen LogP contribution is 2.34. The monoisotopic (exact) mass is 460 g/mol. The van der Waals surface area contributed by atoms with Crippen LogP contribution in [-0.2, 0) is 0 Å². The van der Waals surface area contributed by atoms with E-state index in [1.807, 2.05) is 36.8 Å². The summed E-state index contributed by atoms with van der Waals surface area (Å²) in [5.41, 5.74) is 11.6. The highest BCUT2D eigenvalue weighted by Gasteiger charge is 2.09. The molecule has 0 radical (unpaired) electrons. The van der Waals surface area contributed by atoms with E-state index in [4.69, 9.17) is 0 Å². The van der Waals surface area contributed by atoms with Gasteiger partial charge in [-0.2, -0.15) is 0 Å². The summed E-state index contributed by atoms with van der Waals surface area (Å²) < 4.78 is 0. The molecule has 0 fully saturated rings. The Labute approximate surface area is 211 Å². The van der Waals surface area contributed by atoms with Crippen LogP contribution in [0.2, 0.25) is 0 Å². The molecule has 0 spiro atoms. The third kappa shape index (κ3) is 4.57. The first-order valence-electron chi connectivity index (χ1n) is 12.1. The third-order valence-corrected chi connectivity index (χ3v) is 6.41. The van der Waals surface area contributed by atoms with Gasteiger partial charge in [0, 0.05) is 24.2 Å². The fraction of sp³-hybridized carbons (Fsp3) is 0.